The fourth-order valence-electron chi connectivity index (χ4n) is 3.75. The van der Waals surface area contributed by atoms with Crippen molar-refractivity contribution in [2.75, 3.05) is 6.61 Å². The molecule has 3 N–H and O–H groups in total. The van der Waals surface area contributed by atoms with E-state index in [4.69, 9.17) is 5.73 Å². The molecule has 33 heavy (non-hydrogen) atoms. The van der Waals surface area contributed by atoms with Crippen LogP contribution < -0.4 is 5.73 Å². The number of amides is 1. The maximum absolute atomic E-state index is 11.3. The van der Waals surface area contributed by atoms with Crippen LogP contribution in [0.3, 0.4) is 0 Å². The second kappa shape index (κ2) is 9.00. The predicted molar refractivity (Wildman–Crippen MR) is 129 cm³/mol. The van der Waals surface area contributed by atoms with Gasteiger partial charge in [0.15, 0.2) is 0 Å². The standard InChI is InChI=1S/C27H28N4O2/c1-18-29-26(25(28)33)30-31(18)24-14-6-20(7-15-24)16-19-4-8-21(9-5-19)22-10-12-23(13-11-22)27(2,3)17-32/h4-15,32H,16-17H2,1-3H3,(H2,28,33). The predicted octanol–water partition coefficient (Wildman–Crippen LogP) is 4.20. The lowest BCUT2D eigenvalue weighted by Crippen LogP contribution is -2.21. The molecule has 0 aliphatic heterocycles. The number of hydrogen-bond acceptors (Lipinski definition) is 4. The van der Waals surface area contributed by atoms with Crippen LogP contribution in [-0.2, 0) is 11.8 Å². The first kappa shape index (κ1) is 22.4. The molecule has 0 fully saturated rings. The summed E-state index contributed by atoms with van der Waals surface area (Å²) in [4.78, 5) is 15.4. The maximum atomic E-state index is 11.3. The molecule has 3 aromatic carbocycles. The first-order valence-electron chi connectivity index (χ1n) is 10.9. The van der Waals surface area contributed by atoms with Gasteiger partial charge in [0, 0.05) is 5.41 Å². The molecule has 168 valence electrons. The Bertz CT molecular complexity index is 1260. The summed E-state index contributed by atoms with van der Waals surface area (Å²) in [5.74, 6) is -0.00892. The van der Waals surface area contributed by atoms with Gasteiger partial charge in [-0.3, -0.25) is 4.79 Å². The Morgan fingerprint density at radius 3 is 1.91 bits per heavy atom. The van der Waals surface area contributed by atoms with Gasteiger partial charge in [-0.05, 0) is 53.3 Å². The number of aliphatic hydroxyl groups excluding tert-OH is 1. The number of nitrogens with zero attached hydrogens (tertiary/aromatic N) is 3. The number of benzene rings is 3. The quantitative estimate of drug-likeness (QED) is 0.450. The summed E-state index contributed by atoms with van der Waals surface area (Å²) in [5.41, 5.74) is 11.7. The molecule has 0 saturated carbocycles. The highest BCUT2D eigenvalue weighted by molar-refractivity contribution is 5.88. The van der Waals surface area contributed by atoms with Gasteiger partial charge in [-0.2, -0.15) is 0 Å². The van der Waals surface area contributed by atoms with Crippen molar-refractivity contribution in [2.45, 2.75) is 32.6 Å². The summed E-state index contributed by atoms with van der Waals surface area (Å²) >= 11 is 0. The lowest BCUT2D eigenvalue weighted by Gasteiger charge is -2.22. The Kier molecular flexibility index (Phi) is 6.11. The minimum absolute atomic E-state index is 0.0171. The molecule has 4 rings (SSSR count). The fourth-order valence-corrected chi connectivity index (χ4v) is 3.75. The van der Waals surface area contributed by atoms with Crippen LogP contribution in [0.4, 0.5) is 0 Å². The molecule has 0 spiro atoms. The van der Waals surface area contributed by atoms with E-state index in [0.29, 0.717) is 5.82 Å². The first-order chi connectivity index (χ1) is 15.8. The topological polar surface area (TPSA) is 94.0 Å². The molecule has 0 unspecified atom stereocenters. The second-order valence-electron chi connectivity index (χ2n) is 8.92. The molecule has 6 heteroatoms. The van der Waals surface area contributed by atoms with Gasteiger partial charge < -0.3 is 10.8 Å². The summed E-state index contributed by atoms with van der Waals surface area (Å²) < 4.78 is 1.62. The third-order valence-electron chi connectivity index (χ3n) is 5.93. The summed E-state index contributed by atoms with van der Waals surface area (Å²) in [6.45, 7) is 5.98. The van der Waals surface area contributed by atoms with Crippen molar-refractivity contribution in [3.05, 3.63) is 101 Å². The van der Waals surface area contributed by atoms with Crippen LogP contribution in [0, 0.1) is 6.92 Å². The van der Waals surface area contributed by atoms with Crippen molar-refractivity contribution >= 4 is 5.91 Å². The van der Waals surface area contributed by atoms with Gasteiger partial charge in [0.25, 0.3) is 5.91 Å². The van der Waals surface area contributed by atoms with Gasteiger partial charge in [0.1, 0.15) is 5.82 Å². The van der Waals surface area contributed by atoms with E-state index in [1.54, 1.807) is 11.6 Å². The number of primary amides is 1. The smallest absolute Gasteiger partial charge is 0.288 e. The normalized spacial score (nSPS) is 11.5. The van der Waals surface area contributed by atoms with Crippen LogP contribution in [0.1, 0.15) is 47.0 Å². The third-order valence-corrected chi connectivity index (χ3v) is 5.93. The van der Waals surface area contributed by atoms with Crippen molar-refractivity contribution in [3.63, 3.8) is 0 Å². The van der Waals surface area contributed by atoms with Crippen LogP contribution in [0.2, 0.25) is 0 Å². The average Bonchev–Trinajstić information content (AvgIpc) is 3.22. The fraction of sp³-hybridized carbons (Fsp3) is 0.222. The molecular weight excluding hydrogens is 412 g/mol. The van der Waals surface area contributed by atoms with Gasteiger partial charge in [-0.25, -0.2) is 9.67 Å². The van der Waals surface area contributed by atoms with Gasteiger partial charge >= 0.3 is 0 Å². The number of aryl methyl sites for hydroxylation is 1. The molecule has 0 bridgehead atoms. The highest BCUT2D eigenvalue weighted by Gasteiger charge is 2.19. The molecular formula is C27H28N4O2. The van der Waals surface area contributed by atoms with Crippen LogP contribution in [0.25, 0.3) is 16.8 Å². The van der Waals surface area contributed by atoms with Gasteiger partial charge in [0.05, 0.1) is 12.3 Å². The molecule has 0 radical (unpaired) electrons. The molecule has 1 heterocycles. The number of rotatable bonds is 7. The van der Waals surface area contributed by atoms with E-state index in [2.05, 4.69) is 70.7 Å². The first-order valence-corrected chi connectivity index (χ1v) is 10.9. The molecule has 0 saturated heterocycles. The minimum atomic E-state index is -0.637. The Morgan fingerprint density at radius 2 is 1.42 bits per heavy atom. The number of aromatic nitrogens is 3. The number of nitrogens with two attached hydrogens (primary N) is 1. The zero-order valence-corrected chi connectivity index (χ0v) is 19.1. The summed E-state index contributed by atoms with van der Waals surface area (Å²) in [6, 6.07) is 25.0. The molecule has 1 amide bonds. The number of aliphatic hydroxyl groups is 1. The number of hydrogen-bond donors (Lipinski definition) is 2. The lowest BCUT2D eigenvalue weighted by atomic mass is 9.85. The highest BCUT2D eigenvalue weighted by atomic mass is 16.3. The molecule has 1 aromatic heterocycles. The van der Waals surface area contributed by atoms with Crippen molar-refractivity contribution < 1.29 is 9.90 Å². The van der Waals surface area contributed by atoms with Crippen LogP contribution >= 0.6 is 0 Å². The SMILES string of the molecule is Cc1nc(C(N)=O)nn1-c1ccc(Cc2ccc(-c3ccc(C(C)(C)CO)cc3)cc2)cc1. The molecule has 0 atom stereocenters. The molecule has 4 aromatic rings. The second-order valence-corrected chi connectivity index (χ2v) is 8.92. The van der Waals surface area contributed by atoms with Gasteiger partial charge in [-0.15, -0.1) is 5.10 Å². The zero-order chi connectivity index (χ0) is 23.6. The summed E-state index contributed by atoms with van der Waals surface area (Å²) in [6.07, 6.45) is 0.813. The van der Waals surface area contributed by atoms with E-state index < -0.39 is 5.91 Å². The monoisotopic (exact) mass is 440 g/mol. The van der Waals surface area contributed by atoms with Gasteiger partial charge in [0.2, 0.25) is 5.82 Å². The molecule has 0 aliphatic rings. The summed E-state index contributed by atoms with van der Waals surface area (Å²) in [7, 11) is 0. The Hall–Kier alpha value is -3.77. The average molecular weight is 441 g/mol. The number of carbonyl (C=O) groups excluding carboxylic acids is 1. The minimum Gasteiger partial charge on any atom is -0.395 e. The molecule has 0 aliphatic carbocycles. The lowest BCUT2D eigenvalue weighted by molar-refractivity contribution is 0.0990. The Morgan fingerprint density at radius 1 is 0.909 bits per heavy atom. The van der Waals surface area contributed by atoms with Crippen molar-refractivity contribution in [1.82, 2.24) is 14.8 Å². The van der Waals surface area contributed by atoms with Crippen LogP contribution in [0.5, 0.6) is 0 Å². The van der Waals surface area contributed by atoms with E-state index in [-0.39, 0.29) is 17.8 Å². The summed E-state index contributed by atoms with van der Waals surface area (Å²) in [5, 5.41) is 13.7. The van der Waals surface area contributed by atoms with Crippen LogP contribution in [0.15, 0.2) is 72.8 Å². The zero-order valence-electron chi connectivity index (χ0n) is 19.1. The largest absolute Gasteiger partial charge is 0.395 e. The van der Waals surface area contributed by atoms with Crippen molar-refractivity contribution in [3.8, 4) is 16.8 Å². The van der Waals surface area contributed by atoms with Crippen molar-refractivity contribution in [2.24, 2.45) is 5.73 Å². The van der Waals surface area contributed by atoms with Crippen molar-refractivity contribution in [1.29, 1.82) is 0 Å². The highest BCUT2D eigenvalue weighted by Crippen LogP contribution is 2.27. The van der Waals surface area contributed by atoms with E-state index in [1.807, 2.05) is 26.0 Å². The van der Waals surface area contributed by atoms with E-state index in [9.17, 15) is 9.90 Å². The Balaban J connectivity index is 1.45. The van der Waals surface area contributed by atoms with Gasteiger partial charge in [-0.1, -0.05) is 74.5 Å². The van der Waals surface area contributed by atoms with E-state index >= 15 is 0 Å². The van der Waals surface area contributed by atoms with Crippen LogP contribution in [-0.4, -0.2) is 32.4 Å². The maximum Gasteiger partial charge on any atom is 0.288 e. The molecule has 6 nitrogen and oxygen atoms in total. The third kappa shape index (κ3) is 4.86. The Labute approximate surface area is 193 Å². The van der Waals surface area contributed by atoms with E-state index in [0.717, 1.165) is 28.8 Å². The van der Waals surface area contributed by atoms with E-state index in [1.165, 1.54) is 11.1 Å². The number of carbonyl (C=O) groups is 1.